The van der Waals surface area contributed by atoms with Gasteiger partial charge in [-0.2, -0.15) is 0 Å². The average Bonchev–Trinajstić information content (AvgIpc) is 3.01. The second kappa shape index (κ2) is 9.61. The smallest absolute Gasteiger partial charge is 0.191 e. The van der Waals surface area contributed by atoms with Crippen molar-refractivity contribution in [3.05, 3.63) is 12.2 Å². The molecule has 2 rings (SSSR count). The number of methoxy groups -OCH3 is 1. The molecule has 2 N–H and O–H groups in total. The van der Waals surface area contributed by atoms with Gasteiger partial charge in [0, 0.05) is 46.3 Å². The molecule has 0 radical (unpaired) electrons. The van der Waals surface area contributed by atoms with Gasteiger partial charge in [0.2, 0.25) is 0 Å². The lowest BCUT2D eigenvalue weighted by atomic mass is 9.67. The Kier molecular flexibility index (Phi) is 7.49. The third-order valence-electron chi connectivity index (χ3n) is 4.82. The van der Waals surface area contributed by atoms with Crippen molar-refractivity contribution >= 4 is 5.96 Å². The first-order chi connectivity index (χ1) is 11.7. The lowest BCUT2D eigenvalue weighted by Crippen LogP contribution is -2.41. The van der Waals surface area contributed by atoms with Crippen LogP contribution in [0.2, 0.25) is 0 Å². The van der Waals surface area contributed by atoms with Crippen LogP contribution in [0.4, 0.5) is 0 Å². The lowest BCUT2D eigenvalue weighted by molar-refractivity contribution is 0.0778. The first kappa shape index (κ1) is 18.7. The van der Waals surface area contributed by atoms with Gasteiger partial charge in [-0.05, 0) is 31.6 Å². The normalized spacial score (nSPS) is 16.7. The summed E-state index contributed by atoms with van der Waals surface area (Å²) in [5.41, 5.74) is 0.349. The van der Waals surface area contributed by atoms with E-state index in [2.05, 4.69) is 39.2 Å². The van der Waals surface area contributed by atoms with Crippen molar-refractivity contribution in [2.24, 2.45) is 10.4 Å². The standard InChI is InChI=1S/C17H32N6O/c1-4-15-22-21-14-23(15)11-10-19-16(18-5-2)20-13-17(7-6-8-17)9-12-24-3/h14H,4-13H2,1-3H3,(H2,18,19,20). The summed E-state index contributed by atoms with van der Waals surface area (Å²) < 4.78 is 7.35. The number of aliphatic imine (C=N–C) groups is 1. The van der Waals surface area contributed by atoms with E-state index in [4.69, 9.17) is 9.73 Å². The molecular weight excluding hydrogens is 304 g/mol. The minimum atomic E-state index is 0.349. The summed E-state index contributed by atoms with van der Waals surface area (Å²) in [7, 11) is 1.77. The predicted molar refractivity (Wildman–Crippen MR) is 96.2 cm³/mol. The zero-order valence-electron chi connectivity index (χ0n) is 15.3. The Morgan fingerprint density at radius 1 is 1.38 bits per heavy atom. The molecule has 1 aromatic heterocycles. The number of aryl methyl sites for hydroxylation is 1. The van der Waals surface area contributed by atoms with Gasteiger partial charge in [0.25, 0.3) is 0 Å². The Morgan fingerprint density at radius 2 is 2.21 bits per heavy atom. The highest BCUT2D eigenvalue weighted by molar-refractivity contribution is 5.79. The summed E-state index contributed by atoms with van der Waals surface area (Å²) in [5, 5.41) is 14.8. The van der Waals surface area contributed by atoms with E-state index in [0.29, 0.717) is 5.41 Å². The molecule has 1 heterocycles. The Hall–Kier alpha value is -1.63. The Balaban J connectivity index is 1.84. The molecule has 0 aromatic carbocycles. The summed E-state index contributed by atoms with van der Waals surface area (Å²) >= 11 is 0. The van der Waals surface area contributed by atoms with Crippen LogP contribution in [0.5, 0.6) is 0 Å². The summed E-state index contributed by atoms with van der Waals surface area (Å²) in [6.07, 6.45) is 7.64. The number of ether oxygens (including phenoxy) is 1. The molecular formula is C17H32N6O. The topological polar surface area (TPSA) is 76.4 Å². The largest absolute Gasteiger partial charge is 0.385 e. The number of nitrogens with one attached hydrogen (secondary N) is 2. The first-order valence-electron chi connectivity index (χ1n) is 9.11. The molecule has 0 unspecified atom stereocenters. The van der Waals surface area contributed by atoms with Gasteiger partial charge in [-0.3, -0.25) is 4.99 Å². The molecule has 24 heavy (non-hydrogen) atoms. The number of aromatic nitrogens is 3. The Morgan fingerprint density at radius 3 is 2.83 bits per heavy atom. The summed E-state index contributed by atoms with van der Waals surface area (Å²) in [6, 6.07) is 0. The van der Waals surface area contributed by atoms with Crippen LogP contribution < -0.4 is 10.6 Å². The molecule has 1 aromatic rings. The van der Waals surface area contributed by atoms with Crippen LogP contribution in [0, 0.1) is 5.41 Å². The van der Waals surface area contributed by atoms with Gasteiger partial charge >= 0.3 is 0 Å². The van der Waals surface area contributed by atoms with Crippen molar-refractivity contribution in [1.82, 2.24) is 25.4 Å². The molecule has 1 saturated carbocycles. The monoisotopic (exact) mass is 336 g/mol. The maximum Gasteiger partial charge on any atom is 0.191 e. The van der Waals surface area contributed by atoms with Crippen LogP contribution in [0.15, 0.2) is 11.3 Å². The van der Waals surface area contributed by atoms with Gasteiger partial charge in [-0.1, -0.05) is 13.3 Å². The lowest BCUT2D eigenvalue weighted by Gasteiger charge is -2.40. The zero-order valence-corrected chi connectivity index (χ0v) is 15.3. The Bertz CT molecular complexity index is 509. The van der Waals surface area contributed by atoms with E-state index in [-0.39, 0.29) is 0 Å². The SMILES string of the molecule is CCNC(=NCC1(CCOC)CCC1)NCCn1cnnc1CC. The minimum Gasteiger partial charge on any atom is -0.385 e. The summed E-state index contributed by atoms with van der Waals surface area (Å²) in [6.45, 7) is 8.40. The fourth-order valence-corrected chi connectivity index (χ4v) is 3.11. The molecule has 7 heteroatoms. The summed E-state index contributed by atoms with van der Waals surface area (Å²) in [5.74, 6) is 1.92. The van der Waals surface area contributed by atoms with Gasteiger partial charge in [0.1, 0.15) is 12.2 Å². The van der Waals surface area contributed by atoms with Crippen LogP contribution in [-0.4, -0.2) is 54.1 Å². The average molecular weight is 336 g/mol. The van der Waals surface area contributed by atoms with Crippen LogP contribution in [-0.2, 0) is 17.7 Å². The predicted octanol–water partition coefficient (Wildman–Crippen LogP) is 1.60. The Labute approximate surface area is 145 Å². The van der Waals surface area contributed by atoms with Crippen molar-refractivity contribution < 1.29 is 4.74 Å². The van der Waals surface area contributed by atoms with E-state index in [1.54, 1.807) is 13.4 Å². The zero-order chi connectivity index (χ0) is 17.3. The second-order valence-corrected chi connectivity index (χ2v) is 6.51. The van der Waals surface area contributed by atoms with Crippen LogP contribution in [0.1, 0.15) is 45.4 Å². The molecule has 0 saturated heterocycles. The van der Waals surface area contributed by atoms with Gasteiger partial charge in [0.15, 0.2) is 5.96 Å². The van der Waals surface area contributed by atoms with E-state index >= 15 is 0 Å². The summed E-state index contributed by atoms with van der Waals surface area (Å²) in [4.78, 5) is 4.82. The third kappa shape index (κ3) is 5.19. The molecule has 1 aliphatic rings. The number of hydrogen-bond donors (Lipinski definition) is 2. The molecule has 0 bridgehead atoms. The molecule has 1 aliphatic carbocycles. The van der Waals surface area contributed by atoms with Gasteiger partial charge in [-0.25, -0.2) is 0 Å². The molecule has 0 atom stereocenters. The van der Waals surface area contributed by atoms with Crippen LogP contribution in [0.3, 0.4) is 0 Å². The maximum atomic E-state index is 5.26. The number of rotatable bonds is 10. The van der Waals surface area contributed by atoms with Gasteiger partial charge < -0.3 is 19.9 Å². The van der Waals surface area contributed by atoms with E-state index in [1.807, 2.05) is 0 Å². The minimum absolute atomic E-state index is 0.349. The fourth-order valence-electron chi connectivity index (χ4n) is 3.11. The fraction of sp³-hybridized carbons (Fsp3) is 0.824. The molecule has 0 aliphatic heterocycles. The van der Waals surface area contributed by atoms with Crippen LogP contribution >= 0.6 is 0 Å². The van der Waals surface area contributed by atoms with Gasteiger partial charge in [-0.15, -0.1) is 10.2 Å². The second-order valence-electron chi connectivity index (χ2n) is 6.51. The first-order valence-corrected chi connectivity index (χ1v) is 9.11. The maximum absolute atomic E-state index is 5.26. The molecule has 0 amide bonds. The van der Waals surface area contributed by atoms with E-state index in [9.17, 15) is 0 Å². The van der Waals surface area contributed by atoms with Crippen LogP contribution in [0.25, 0.3) is 0 Å². The van der Waals surface area contributed by atoms with Crippen molar-refractivity contribution in [1.29, 1.82) is 0 Å². The highest BCUT2D eigenvalue weighted by atomic mass is 16.5. The third-order valence-corrected chi connectivity index (χ3v) is 4.82. The highest BCUT2D eigenvalue weighted by Gasteiger charge is 2.36. The van der Waals surface area contributed by atoms with Gasteiger partial charge in [0.05, 0.1) is 0 Å². The number of hydrogen-bond acceptors (Lipinski definition) is 4. The van der Waals surface area contributed by atoms with Crippen molar-refractivity contribution in [2.75, 3.05) is 33.4 Å². The number of guanidine groups is 1. The number of nitrogens with zero attached hydrogens (tertiary/aromatic N) is 4. The van der Waals surface area contributed by atoms with E-state index < -0.39 is 0 Å². The van der Waals surface area contributed by atoms with Crippen molar-refractivity contribution in [3.8, 4) is 0 Å². The molecule has 7 nitrogen and oxygen atoms in total. The quantitative estimate of drug-likeness (QED) is 0.501. The van der Waals surface area contributed by atoms with E-state index in [0.717, 1.165) is 57.4 Å². The van der Waals surface area contributed by atoms with Crippen molar-refractivity contribution in [2.45, 2.75) is 52.5 Å². The molecule has 0 spiro atoms. The highest BCUT2D eigenvalue weighted by Crippen LogP contribution is 2.44. The molecule has 1 fully saturated rings. The van der Waals surface area contributed by atoms with E-state index in [1.165, 1.54) is 19.3 Å². The van der Waals surface area contributed by atoms with Crippen molar-refractivity contribution in [3.63, 3.8) is 0 Å². The molecule has 136 valence electrons.